The molecule has 0 saturated carbocycles. The summed E-state index contributed by atoms with van der Waals surface area (Å²) < 4.78 is 6.12. The molecule has 1 heterocycles. The summed E-state index contributed by atoms with van der Waals surface area (Å²) in [5, 5.41) is 1.16. The van der Waals surface area contributed by atoms with Crippen molar-refractivity contribution < 1.29 is 4.74 Å². The topological polar surface area (TPSA) is 22.1 Å². The van der Waals surface area contributed by atoms with E-state index in [1.807, 2.05) is 18.2 Å². The molecule has 0 aliphatic carbocycles. The van der Waals surface area contributed by atoms with Crippen LogP contribution in [0.3, 0.4) is 0 Å². The number of halogens is 1. The maximum Gasteiger partial charge on any atom is 0.213 e. The standard InChI is InChI=1S/C11H10BrNO/c1-7-5-8(12)6-10-9(7)3-4-11(13-10)14-2/h3-6H,1-2H3. The highest BCUT2D eigenvalue weighted by Crippen LogP contribution is 2.24. The van der Waals surface area contributed by atoms with Crippen molar-refractivity contribution in [3.8, 4) is 5.88 Å². The number of fused-ring (bicyclic) bond motifs is 1. The normalized spacial score (nSPS) is 10.5. The van der Waals surface area contributed by atoms with E-state index in [0.29, 0.717) is 5.88 Å². The molecule has 2 rings (SSSR count). The minimum atomic E-state index is 0.648. The fraction of sp³-hybridized carbons (Fsp3) is 0.182. The van der Waals surface area contributed by atoms with Crippen LogP contribution >= 0.6 is 15.9 Å². The Kier molecular flexibility index (Phi) is 2.42. The van der Waals surface area contributed by atoms with Gasteiger partial charge in [0.15, 0.2) is 0 Å². The van der Waals surface area contributed by atoms with Gasteiger partial charge in [-0.2, -0.15) is 0 Å². The molecule has 0 aliphatic rings. The molecule has 2 aromatic rings. The lowest BCUT2D eigenvalue weighted by Crippen LogP contribution is -1.89. The van der Waals surface area contributed by atoms with Gasteiger partial charge in [0.25, 0.3) is 0 Å². The Labute approximate surface area is 91.0 Å². The molecule has 72 valence electrons. The van der Waals surface area contributed by atoms with E-state index < -0.39 is 0 Å². The first-order valence-corrected chi connectivity index (χ1v) is 5.11. The Morgan fingerprint density at radius 1 is 1.29 bits per heavy atom. The monoisotopic (exact) mass is 251 g/mol. The zero-order valence-electron chi connectivity index (χ0n) is 8.04. The largest absolute Gasteiger partial charge is 0.481 e. The van der Waals surface area contributed by atoms with E-state index in [4.69, 9.17) is 4.74 Å². The van der Waals surface area contributed by atoms with Crippen LogP contribution in [-0.4, -0.2) is 12.1 Å². The number of aryl methyl sites for hydroxylation is 1. The number of methoxy groups -OCH3 is 1. The molecule has 2 nitrogen and oxygen atoms in total. The smallest absolute Gasteiger partial charge is 0.213 e. The zero-order chi connectivity index (χ0) is 10.1. The Morgan fingerprint density at radius 3 is 2.79 bits per heavy atom. The number of hydrogen-bond donors (Lipinski definition) is 0. The van der Waals surface area contributed by atoms with Crippen LogP contribution in [0.4, 0.5) is 0 Å². The third-order valence-corrected chi connectivity index (χ3v) is 2.62. The second-order valence-corrected chi connectivity index (χ2v) is 4.06. The van der Waals surface area contributed by atoms with Crippen LogP contribution in [0.25, 0.3) is 10.9 Å². The maximum absolute atomic E-state index is 5.08. The van der Waals surface area contributed by atoms with Crippen molar-refractivity contribution in [2.45, 2.75) is 6.92 Å². The van der Waals surface area contributed by atoms with Crippen molar-refractivity contribution >= 4 is 26.8 Å². The second-order valence-electron chi connectivity index (χ2n) is 3.14. The predicted octanol–water partition coefficient (Wildman–Crippen LogP) is 3.31. The van der Waals surface area contributed by atoms with Gasteiger partial charge < -0.3 is 4.74 Å². The number of ether oxygens (including phenoxy) is 1. The summed E-state index contributed by atoms with van der Waals surface area (Å²) in [5.41, 5.74) is 2.17. The zero-order valence-corrected chi connectivity index (χ0v) is 9.63. The van der Waals surface area contributed by atoms with E-state index in [9.17, 15) is 0 Å². The summed E-state index contributed by atoms with van der Waals surface area (Å²) in [7, 11) is 1.62. The van der Waals surface area contributed by atoms with E-state index in [2.05, 4.69) is 33.9 Å². The Balaban J connectivity index is 2.75. The molecule has 0 atom stereocenters. The first-order valence-electron chi connectivity index (χ1n) is 4.31. The van der Waals surface area contributed by atoms with Gasteiger partial charge in [-0.3, -0.25) is 0 Å². The van der Waals surface area contributed by atoms with Gasteiger partial charge in [-0.05, 0) is 30.7 Å². The lowest BCUT2D eigenvalue weighted by atomic mass is 10.1. The molecule has 1 aromatic heterocycles. The minimum Gasteiger partial charge on any atom is -0.481 e. The van der Waals surface area contributed by atoms with E-state index in [0.717, 1.165) is 15.4 Å². The average molecular weight is 252 g/mol. The van der Waals surface area contributed by atoms with Gasteiger partial charge in [-0.25, -0.2) is 4.98 Å². The molecular weight excluding hydrogens is 242 g/mol. The number of hydrogen-bond acceptors (Lipinski definition) is 2. The fourth-order valence-corrected chi connectivity index (χ4v) is 2.03. The highest BCUT2D eigenvalue weighted by molar-refractivity contribution is 9.10. The molecule has 0 amide bonds. The van der Waals surface area contributed by atoms with E-state index in [-0.39, 0.29) is 0 Å². The van der Waals surface area contributed by atoms with Crippen LogP contribution in [0, 0.1) is 6.92 Å². The van der Waals surface area contributed by atoms with Crippen molar-refractivity contribution in [2.24, 2.45) is 0 Å². The first kappa shape index (κ1) is 9.46. The van der Waals surface area contributed by atoms with Gasteiger partial charge >= 0.3 is 0 Å². The summed E-state index contributed by atoms with van der Waals surface area (Å²) in [5.74, 6) is 0.648. The predicted molar refractivity (Wildman–Crippen MR) is 60.7 cm³/mol. The van der Waals surface area contributed by atoms with Gasteiger partial charge in [0, 0.05) is 15.9 Å². The van der Waals surface area contributed by atoms with Gasteiger partial charge in [0.05, 0.1) is 12.6 Å². The van der Waals surface area contributed by atoms with Crippen LogP contribution in [-0.2, 0) is 0 Å². The van der Waals surface area contributed by atoms with Crippen LogP contribution in [0.1, 0.15) is 5.56 Å². The van der Waals surface area contributed by atoms with Crippen molar-refractivity contribution in [3.05, 3.63) is 34.3 Å². The number of benzene rings is 1. The number of aromatic nitrogens is 1. The van der Waals surface area contributed by atoms with Crippen LogP contribution in [0.2, 0.25) is 0 Å². The summed E-state index contributed by atoms with van der Waals surface area (Å²) in [4.78, 5) is 4.36. The first-order chi connectivity index (χ1) is 6.70. The molecule has 0 bridgehead atoms. The van der Waals surface area contributed by atoms with Crippen LogP contribution in [0.15, 0.2) is 28.7 Å². The molecular formula is C11H10BrNO. The molecule has 14 heavy (non-hydrogen) atoms. The Hall–Kier alpha value is -1.09. The van der Waals surface area contributed by atoms with Gasteiger partial charge in [0.1, 0.15) is 0 Å². The SMILES string of the molecule is COc1ccc2c(C)cc(Br)cc2n1. The highest BCUT2D eigenvalue weighted by atomic mass is 79.9. The quantitative estimate of drug-likeness (QED) is 0.776. The van der Waals surface area contributed by atoms with Crippen molar-refractivity contribution in [1.82, 2.24) is 4.98 Å². The van der Waals surface area contributed by atoms with Gasteiger partial charge in [0.2, 0.25) is 5.88 Å². The summed E-state index contributed by atoms with van der Waals surface area (Å²) >= 11 is 3.45. The Morgan fingerprint density at radius 2 is 2.07 bits per heavy atom. The van der Waals surface area contributed by atoms with Gasteiger partial charge in [-0.15, -0.1) is 0 Å². The summed E-state index contributed by atoms with van der Waals surface area (Å²) in [6.45, 7) is 2.07. The number of rotatable bonds is 1. The third kappa shape index (κ3) is 1.60. The number of pyridine rings is 1. The average Bonchev–Trinajstić information content (AvgIpc) is 2.16. The van der Waals surface area contributed by atoms with Crippen molar-refractivity contribution in [1.29, 1.82) is 0 Å². The molecule has 0 saturated heterocycles. The van der Waals surface area contributed by atoms with Crippen molar-refractivity contribution in [3.63, 3.8) is 0 Å². The minimum absolute atomic E-state index is 0.648. The number of nitrogens with zero attached hydrogens (tertiary/aromatic N) is 1. The molecule has 0 N–H and O–H groups in total. The second kappa shape index (κ2) is 3.58. The molecule has 0 aliphatic heterocycles. The third-order valence-electron chi connectivity index (χ3n) is 2.16. The highest BCUT2D eigenvalue weighted by Gasteiger charge is 2.02. The van der Waals surface area contributed by atoms with E-state index in [1.165, 1.54) is 5.56 Å². The van der Waals surface area contributed by atoms with Crippen molar-refractivity contribution in [2.75, 3.05) is 7.11 Å². The summed E-state index contributed by atoms with van der Waals surface area (Å²) in [6.07, 6.45) is 0. The lowest BCUT2D eigenvalue weighted by Gasteiger charge is -2.04. The molecule has 1 aromatic carbocycles. The van der Waals surface area contributed by atoms with Crippen LogP contribution in [0.5, 0.6) is 5.88 Å². The van der Waals surface area contributed by atoms with E-state index in [1.54, 1.807) is 7.11 Å². The fourth-order valence-electron chi connectivity index (χ4n) is 1.47. The lowest BCUT2D eigenvalue weighted by molar-refractivity contribution is 0.399. The maximum atomic E-state index is 5.08. The molecule has 0 fully saturated rings. The summed E-state index contributed by atoms with van der Waals surface area (Å²) in [6, 6.07) is 7.98. The molecule has 0 spiro atoms. The van der Waals surface area contributed by atoms with Gasteiger partial charge in [-0.1, -0.05) is 15.9 Å². The molecule has 0 unspecified atom stereocenters. The Bertz CT molecular complexity index is 482. The van der Waals surface area contributed by atoms with E-state index >= 15 is 0 Å². The molecule has 3 heteroatoms. The molecule has 0 radical (unpaired) electrons. The van der Waals surface area contributed by atoms with Crippen LogP contribution < -0.4 is 4.74 Å².